The summed E-state index contributed by atoms with van der Waals surface area (Å²) in [5.41, 5.74) is 3.69. The Balaban J connectivity index is 2.07. The third kappa shape index (κ3) is 5.23. The van der Waals surface area contributed by atoms with Crippen molar-refractivity contribution in [2.45, 2.75) is 27.2 Å². The van der Waals surface area contributed by atoms with Crippen molar-refractivity contribution < 1.29 is 19.1 Å². The van der Waals surface area contributed by atoms with Crippen molar-refractivity contribution in [1.29, 1.82) is 0 Å². The van der Waals surface area contributed by atoms with Crippen LogP contribution in [0.5, 0.6) is 11.5 Å². The minimum atomic E-state index is -0.152. The number of hydrogen-bond donors (Lipinski definition) is 1. The molecule has 6 nitrogen and oxygen atoms in total. The van der Waals surface area contributed by atoms with Gasteiger partial charge in [-0.1, -0.05) is 6.07 Å². The lowest BCUT2D eigenvalue weighted by molar-refractivity contribution is -0.117. The van der Waals surface area contributed by atoms with Crippen LogP contribution < -0.4 is 19.7 Å². The van der Waals surface area contributed by atoms with Crippen LogP contribution in [-0.4, -0.2) is 32.6 Å². The van der Waals surface area contributed by atoms with E-state index in [4.69, 9.17) is 9.47 Å². The highest BCUT2D eigenvalue weighted by molar-refractivity contribution is 5.95. The van der Waals surface area contributed by atoms with Crippen LogP contribution in [0.4, 0.5) is 11.4 Å². The molecule has 2 rings (SSSR count). The van der Waals surface area contributed by atoms with E-state index in [1.54, 1.807) is 30.2 Å². The second-order valence-corrected chi connectivity index (χ2v) is 6.31. The van der Waals surface area contributed by atoms with E-state index in [2.05, 4.69) is 5.32 Å². The maximum absolute atomic E-state index is 12.3. The Kier molecular flexibility index (Phi) is 6.82. The third-order valence-corrected chi connectivity index (χ3v) is 4.41. The van der Waals surface area contributed by atoms with Crippen molar-refractivity contribution in [3.8, 4) is 11.5 Å². The number of rotatable bonds is 7. The van der Waals surface area contributed by atoms with Gasteiger partial charge in [0.2, 0.25) is 11.8 Å². The molecule has 2 aromatic rings. The van der Waals surface area contributed by atoms with E-state index in [0.29, 0.717) is 17.2 Å². The van der Waals surface area contributed by atoms with Crippen molar-refractivity contribution in [3.05, 3.63) is 47.5 Å². The number of amides is 2. The molecule has 0 saturated heterocycles. The van der Waals surface area contributed by atoms with Crippen LogP contribution in [0.15, 0.2) is 36.4 Å². The highest BCUT2D eigenvalue weighted by atomic mass is 16.5. The van der Waals surface area contributed by atoms with Crippen LogP contribution in [0.1, 0.15) is 24.5 Å². The Morgan fingerprint density at radius 2 is 1.67 bits per heavy atom. The third-order valence-electron chi connectivity index (χ3n) is 4.41. The van der Waals surface area contributed by atoms with Crippen molar-refractivity contribution in [2.24, 2.45) is 0 Å². The zero-order valence-corrected chi connectivity index (χ0v) is 16.5. The summed E-state index contributed by atoms with van der Waals surface area (Å²) >= 11 is 0. The molecule has 0 radical (unpaired) electrons. The number of anilines is 2. The fourth-order valence-corrected chi connectivity index (χ4v) is 2.72. The molecule has 1 N–H and O–H groups in total. The Morgan fingerprint density at radius 3 is 2.26 bits per heavy atom. The lowest BCUT2D eigenvalue weighted by Crippen LogP contribution is -2.32. The predicted octanol–water partition coefficient (Wildman–Crippen LogP) is 3.70. The SMILES string of the molecule is COc1ccc(N(CCC(=O)Nc2ccc(C)c(C)c2)C(C)=O)cc1OC. The number of carbonyl (C=O) groups is 2. The fourth-order valence-electron chi connectivity index (χ4n) is 2.72. The number of ether oxygens (including phenoxy) is 2. The van der Waals surface area contributed by atoms with E-state index in [1.165, 1.54) is 19.6 Å². The van der Waals surface area contributed by atoms with Crippen molar-refractivity contribution >= 4 is 23.2 Å². The van der Waals surface area contributed by atoms with Gasteiger partial charge < -0.3 is 19.7 Å². The van der Waals surface area contributed by atoms with Gasteiger partial charge in [0.25, 0.3) is 0 Å². The predicted molar refractivity (Wildman–Crippen MR) is 107 cm³/mol. The monoisotopic (exact) mass is 370 g/mol. The molecule has 2 amide bonds. The first-order valence-corrected chi connectivity index (χ1v) is 8.73. The summed E-state index contributed by atoms with van der Waals surface area (Å²) in [6.07, 6.45) is 0.181. The van der Waals surface area contributed by atoms with Gasteiger partial charge in [0.05, 0.1) is 14.2 Å². The number of aryl methyl sites for hydroxylation is 2. The minimum Gasteiger partial charge on any atom is -0.493 e. The summed E-state index contributed by atoms with van der Waals surface area (Å²) < 4.78 is 10.5. The molecule has 0 aliphatic carbocycles. The Bertz CT molecular complexity index is 833. The second-order valence-electron chi connectivity index (χ2n) is 6.31. The molecular formula is C21H26N2O4. The highest BCUT2D eigenvalue weighted by Crippen LogP contribution is 2.31. The second kappa shape index (κ2) is 9.07. The number of nitrogens with zero attached hydrogens (tertiary/aromatic N) is 1. The number of hydrogen-bond acceptors (Lipinski definition) is 4. The molecule has 0 spiro atoms. The summed E-state index contributed by atoms with van der Waals surface area (Å²) in [4.78, 5) is 25.9. The zero-order chi connectivity index (χ0) is 20.0. The van der Waals surface area contributed by atoms with Gasteiger partial charge in [0, 0.05) is 37.3 Å². The van der Waals surface area contributed by atoms with E-state index in [9.17, 15) is 9.59 Å². The average Bonchev–Trinajstić information content (AvgIpc) is 2.64. The van der Waals surface area contributed by atoms with Gasteiger partial charge in [0.1, 0.15) is 0 Å². The molecule has 27 heavy (non-hydrogen) atoms. The molecule has 0 bridgehead atoms. The maximum Gasteiger partial charge on any atom is 0.226 e. The van der Waals surface area contributed by atoms with Gasteiger partial charge in [-0.2, -0.15) is 0 Å². The van der Waals surface area contributed by atoms with Crippen LogP contribution >= 0.6 is 0 Å². The minimum absolute atomic E-state index is 0.148. The summed E-state index contributed by atoms with van der Waals surface area (Å²) in [6, 6.07) is 11.0. The molecule has 6 heteroatoms. The van der Waals surface area contributed by atoms with E-state index in [1.807, 2.05) is 32.0 Å². The Hall–Kier alpha value is -3.02. The van der Waals surface area contributed by atoms with Crippen LogP contribution in [0.2, 0.25) is 0 Å². The van der Waals surface area contributed by atoms with Gasteiger partial charge in [-0.25, -0.2) is 0 Å². The number of carbonyl (C=O) groups excluding carboxylic acids is 2. The Morgan fingerprint density at radius 1 is 0.963 bits per heavy atom. The van der Waals surface area contributed by atoms with Gasteiger partial charge in [-0.3, -0.25) is 9.59 Å². The van der Waals surface area contributed by atoms with Crippen LogP contribution in [0.3, 0.4) is 0 Å². The summed E-state index contributed by atoms with van der Waals surface area (Å²) in [5.74, 6) is 0.809. The van der Waals surface area contributed by atoms with Gasteiger partial charge in [-0.15, -0.1) is 0 Å². The highest BCUT2D eigenvalue weighted by Gasteiger charge is 2.16. The quantitative estimate of drug-likeness (QED) is 0.807. The summed E-state index contributed by atoms with van der Waals surface area (Å²) in [7, 11) is 3.09. The first kappa shape index (κ1) is 20.3. The Labute approximate surface area is 160 Å². The van der Waals surface area contributed by atoms with Gasteiger partial charge >= 0.3 is 0 Å². The smallest absolute Gasteiger partial charge is 0.226 e. The van der Waals surface area contributed by atoms with E-state index < -0.39 is 0 Å². The normalized spacial score (nSPS) is 10.3. The lowest BCUT2D eigenvalue weighted by Gasteiger charge is -2.22. The van der Waals surface area contributed by atoms with Gasteiger partial charge in [-0.05, 0) is 49.2 Å². The average molecular weight is 370 g/mol. The molecule has 0 aliphatic rings. The standard InChI is InChI=1S/C21H26N2O4/c1-14-6-7-17(12-15(14)2)22-21(25)10-11-23(16(3)24)18-8-9-19(26-4)20(13-18)27-5/h6-9,12-13H,10-11H2,1-5H3,(H,22,25). The molecule has 144 valence electrons. The molecule has 2 aromatic carbocycles. The molecule has 0 heterocycles. The number of methoxy groups -OCH3 is 2. The van der Waals surface area contributed by atoms with Gasteiger partial charge in [0.15, 0.2) is 11.5 Å². The fraction of sp³-hybridized carbons (Fsp3) is 0.333. The van der Waals surface area contributed by atoms with E-state index >= 15 is 0 Å². The topological polar surface area (TPSA) is 67.9 Å². The van der Waals surface area contributed by atoms with Crippen molar-refractivity contribution in [2.75, 3.05) is 31.0 Å². The van der Waals surface area contributed by atoms with Crippen molar-refractivity contribution in [1.82, 2.24) is 0 Å². The summed E-state index contributed by atoms with van der Waals surface area (Å²) in [5, 5.41) is 2.87. The molecule has 0 saturated carbocycles. The van der Waals surface area contributed by atoms with Crippen LogP contribution in [0.25, 0.3) is 0 Å². The number of nitrogens with one attached hydrogen (secondary N) is 1. The maximum atomic E-state index is 12.3. The van der Waals surface area contributed by atoms with E-state index in [-0.39, 0.29) is 24.8 Å². The number of benzene rings is 2. The van der Waals surface area contributed by atoms with Crippen LogP contribution in [0, 0.1) is 13.8 Å². The lowest BCUT2D eigenvalue weighted by atomic mass is 10.1. The largest absolute Gasteiger partial charge is 0.493 e. The summed E-state index contributed by atoms with van der Waals surface area (Å²) in [6.45, 7) is 5.76. The first-order valence-electron chi connectivity index (χ1n) is 8.73. The molecule has 0 unspecified atom stereocenters. The molecule has 0 aliphatic heterocycles. The first-order chi connectivity index (χ1) is 12.8. The van der Waals surface area contributed by atoms with E-state index in [0.717, 1.165) is 11.3 Å². The van der Waals surface area contributed by atoms with Crippen LogP contribution in [-0.2, 0) is 9.59 Å². The molecule has 0 aromatic heterocycles. The molecule has 0 fully saturated rings. The van der Waals surface area contributed by atoms with Crippen molar-refractivity contribution in [3.63, 3.8) is 0 Å². The zero-order valence-electron chi connectivity index (χ0n) is 16.5. The molecular weight excluding hydrogens is 344 g/mol. The molecule has 0 atom stereocenters.